The van der Waals surface area contributed by atoms with E-state index >= 15 is 0 Å². The molecule has 1 aromatic rings. The third kappa shape index (κ3) is 2.47. The lowest BCUT2D eigenvalue weighted by atomic mass is 10.2. The van der Waals surface area contributed by atoms with E-state index in [1.54, 1.807) is 0 Å². The molecule has 0 spiro atoms. The van der Waals surface area contributed by atoms with E-state index in [9.17, 15) is 9.90 Å². The summed E-state index contributed by atoms with van der Waals surface area (Å²) < 4.78 is 0. The molecule has 1 N–H and O–H groups in total. The third-order valence-electron chi connectivity index (χ3n) is 4.03. The highest BCUT2D eigenvalue weighted by molar-refractivity contribution is 7.17. The number of carboxylic acid groups (broad SMARTS) is 1. The first-order valence-electron chi connectivity index (χ1n) is 6.75. The number of likely N-dealkylation sites (N-methyl/N-ethyl adjacent to an activating group) is 1. The van der Waals surface area contributed by atoms with E-state index in [4.69, 9.17) is 0 Å². The first-order valence-corrected chi connectivity index (χ1v) is 7.57. The summed E-state index contributed by atoms with van der Waals surface area (Å²) in [6.07, 6.45) is 2.17. The number of aromatic carboxylic acids is 1. The Bertz CT molecular complexity index is 498. The van der Waals surface area contributed by atoms with Crippen LogP contribution in [0.5, 0.6) is 0 Å². The third-order valence-corrected chi connectivity index (χ3v) is 5.15. The van der Waals surface area contributed by atoms with Crippen molar-refractivity contribution in [2.75, 3.05) is 31.6 Å². The number of hydrogen-bond acceptors (Lipinski definition) is 5. The standard InChI is InChI=1S/C13H19N3O2S/c1-8-7-16(6-5-15(8)2)13-14-10(9-3-4-9)11(19-13)12(17)18/h8-9H,3-7H2,1-2H3,(H,17,18). The normalized spacial score (nSPS) is 24.7. The van der Waals surface area contributed by atoms with Gasteiger partial charge in [-0.2, -0.15) is 0 Å². The molecule has 2 aliphatic rings. The number of piperazine rings is 1. The van der Waals surface area contributed by atoms with Crippen molar-refractivity contribution >= 4 is 22.4 Å². The Balaban J connectivity index is 1.85. The van der Waals surface area contributed by atoms with Crippen molar-refractivity contribution in [2.45, 2.75) is 31.7 Å². The van der Waals surface area contributed by atoms with Gasteiger partial charge in [0.2, 0.25) is 0 Å². The maximum Gasteiger partial charge on any atom is 0.347 e. The Kier molecular flexibility index (Phi) is 3.22. The predicted molar refractivity (Wildman–Crippen MR) is 75.4 cm³/mol. The molecule has 6 heteroatoms. The second kappa shape index (κ2) is 4.76. The van der Waals surface area contributed by atoms with E-state index in [1.807, 2.05) is 0 Å². The zero-order valence-electron chi connectivity index (χ0n) is 11.3. The van der Waals surface area contributed by atoms with Gasteiger partial charge in [-0.05, 0) is 26.8 Å². The van der Waals surface area contributed by atoms with Crippen molar-refractivity contribution in [3.05, 3.63) is 10.6 Å². The molecule has 19 heavy (non-hydrogen) atoms. The van der Waals surface area contributed by atoms with E-state index in [0.717, 1.165) is 43.3 Å². The van der Waals surface area contributed by atoms with Crippen molar-refractivity contribution in [3.8, 4) is 0 Å². The van der Waals surface area contributed by atoms with Crippen LogP contribution in [0.1, 0.15) is 41.0 Å². The van der Waals surface area contributed by atoms with Crippen molar-refractivity contribution in [2.24, 2.45) is 0 Å². The van der Waals surface area contributed by atoms with Gasteiger partial charge in [0.1, 0.15) is 4.88 Å². The second-order valence-electron chi connectivity index (χ2n) is 5.57. The molecule has 2 fully saturated rings. The largest absolute Gasteiger partial charge is 0.477 e. The molecule has 2 heterocycles. The summed E-state index contributed by atoms with van der Waals surface area (Å²) in [5.41, 5.74) is 0.819. The minimum atomic E-state index is -0.826. The van der Waals surface area contributed by atoms with Crippen LogP contribution in [0.25, 0.3) is 0 Å². The molecule has 1 saturated carbocycles. The summed E-state index contributed by atoms with van der Waals surface area (Å²) in [7, 11) is 2.13. The van der Waals surface area contributed by atoms with E-state index in [0.29, 0.717) is 16.8 Å². The number of nitrogens with zero attached hydrogens (tertiary/aromatic N) is 3. The minimum absolute atomic E-state index is 0.390. The number of hydrogen-bond donors (Lipinski definition) is 1. The smallest absolute Gasteiger partial charge is 0.347 e. The van der Waals surface area contributed by atoms with Crippen LogP contribution in [-0.4, -0.2) is 53.7 Å². The molecule has 3 rings (SSSR count). The maximum absolute atomic E-state index is 11.3. The number of anilines is 1. The van der Waals surface area contributed by atoms with Gasteiger partial charge in [0, 0.05) is 31.6 Å². The highest BCUT2D eigenvalue weighted by Crippen LogP contribution is 2.44. The van der Waals surface area contributed by atoms with Crippen LogP contribution in [0, 0.1) is 0 Å². The lowest BCUT2D eigenvalue weighted by molar-refractivity contribution is 0.0700. The molecule has 1 saturated heterocycles. The highest BCUT2D eigenvalue weighted by Gasteiger charge is 2.33. The summed E-state index contributed by atoms with van der Waals surface area (Å²) in [5.74, 6) is -0.436. The number of thiazole rings is 1. The lowest BCUT2D eigenvalue weighted by Gasteiger charge is -2.37. The zero-order valence-corrected chi connectivity index (χ0v) is 12.1. The van der Waals surface area contributed by atoms with Crippen LogP contribution in [0.4, 0.5) is 5.13 Å². The summed E-state index contributed by atoms with van der Waals surface area (Å²) in [4.78, 5) is 20.9. The quantitative estimate of drug-likeness (QED) is 0.916. The van der Waals surface area contributed by atoms with Crippen molar-refractivity contribution in [3.63, 3.8) is 0 Å². The van der Waals surface area contributed by atoms with E-state index < -0.39 is 5.97 Å². The van der Waals surface area contributed by atoms with Crippen LogP contribution in [0.3, 0.4) is 0 Å². The van der Waals surface area contributed by atoms with Gasteiger partial charge in [-0.15, -0.1) is 0 Å². The summed E-state index contributed by atoms with van der Waals surface area (Å²) in [6.45, 7) is 5.05. The topological polar surface area (TPSA) is 56.7 Å². The van der Waals surface area contributed by atoms with Crippen LogP contribution >= 0.6 is 11.3 Å². The Hall–Kier alpha value is -1.14. The van der Waals surface area contributed by atoms with Crippen LogP contribution in [0.2, 0.25) is 0 Å². The summed E-state index contributed by atoms with van der Waals surface area (Å²) >= 11 is 1.34. The van der Waals surface area contributed by atoms with Crippen molar-refractivity contribution in [1.82, 2.24) is 9.88 Å². The fourth-order valence-corrected chi connectivity index (χ4v) is 3.49. The Morgan fingerprint density at radius 3 is 2.74 bits per heavy atom. The van der Waals surface area contributed by atoms with Gasteiger partial charge in [0.25, 0.3) is 0 Å². The number of rotatable bonds is 3. The number of carboxylic acids is 1. The molecule has 0 radical (unpaired) electrons. The van der Waals surface area contributed by atoms with Gasteiger partial charge in [0.05, 0.1) is 5.69 Å². The molecule has 5 nitrogen and oxygen atoms in total. The molecule has 0 bridgehead atoms. The van der Waals surface area contributed by atoms with E-state index in [1.165, 1.54) is 11.3 Å². The zero-order chi connectivity index (χ0) is 13.6. The molecule has 104 valence electrons. The van der Waals surface area contributed by atoms with Crippen LogP contribution in [0.15, 0.2) is 0 Å². The van der Waals surface area contributed by atoms with Gasteiger partial charge in [-0.25, -0.2) is 9.78 Å². The second-order valence-corrected chi connectivity index (χ2v) is 6.54. The van der Waals surface area contributed by atoms with Gasteiger partial charge < -0.3 is 14.9 Å². The maximum atomic E-state index is 11.3. The molecule has 0 amide bonds. The van der Waals surface area contributed by atoms with Gasteiger partial charge >= 0.3 is 5.97 Å². The average molecular weight is 281 g/mol. The monoisotopic (exact) mass is 281 g/mol. The molecule has 1 atom stereocenters. The fourth-order valence-electron chi connectivity index (χ4n) is 2.46. The average Bonchev–Trinajstić information content (AvgIpc) is 3.11. The Labute approximate surface area is 116 Å². The molecule has 0 aromatic carbocycles. The van der Waals surface area contributed by atoms with E-state index in [2.05, 4.69) is 28.8 Å². The number of carbonyl (C=O) groups is 1. The van der Waals surface area contributed by atoms with Crippen LogP contribution in [-0.2, 0) is 0 Å². The first kappa shape index (κ1) is 12.9. The summed E-state index contributed by atoms with van der Waals surface area (Å²) in [6, 6.07) is 0.482. The van der Waals surface area contributed by atoms with Gasteiger partial charge in [-0.1, -0.05) is 11.3 Å². The Morgan fingerprint density at radius 1 is 1.42 bits per heavy atom. The molecule has 1 aliphatic heterocycles. The molecular weight excluding hydrogens is 262 g/mol. The fraction of sp³-hybridized carbons (Fsp3) is 0.692. The van der Waals surface area contributed by atoms with Gasteiger partial charge in [0.15, 0.2) is 5.13 Å². The molecule has 1 aliphatic carbocycles. The van der Waals surface area contributed by atoms with Crippen molar-refractivity contribution in [1.29, 1.82) is 0 Å². The lowest BCUT2D eigenvalue weighted by Crippen LogP contribution is -2.50. The predicted octanol–water partition coefficient (Wildman–Crippen LogP) is 1.86. The minimum Gasteiger partial charge on any atom is -0.477 e. The molecule has 1 unspecified atom stereocenters. The first-order chi connectivity index (χ1) is 9.06. The number of aromatic nitrogens is 1. The highest BCUT2D eigenvalue weighted by atomic mass is 32.1. The van der Waals surface area contributed by atoms with Crippen molar-refractivity contribution < 1.29 is 9.90 Å². The Morgan fingerprint density at radius 2 is 2.16 bits per heavy atom. The van der Waals surface area contributed by atoms with Gasteiger partial charge in [-0.3, -0.25) is 0 Å². The van der Waals surface area contributed by atoms with E-state index in [-0.39, 0.29) is 0 Å². The molecular formula is C13H19N3O2S. The summed E-state index contributed by atoms with van der Waals surface area (Å²) in [5, 5.41) is 10.2. The molecule has 1 aromatic heterocycles. The van der Waals surface area contributed by atoms with Crippen LogP contribution < -0.4 is 4.90 Å². The SMILES string of the molecule is CC1CN(c2nc(C3CC3)c(C(=O)O)s2)CCN1C.